The Bertz CT molecular complexity index is 469. The number of amides is 2. The molecule has 1 aromatic carbocycles. The van der Waals surface area contributed by atoms with E-state index in [-0.39, 0.29) is 17.9 Å². The Labute approximate surface area is 126 Å². The van der Waals surface area contributed by atoms with Crippen molar-refractivity contribution in [3.63, 3.8) is 0 Å². The van der Waals surface area contributed by atoms with Crippen LogP contribution in [0.1, 0.15) is 40.0 Å². The molecule has 0 aliphatic carbocycles. The van der Waals surface area contributed by atoms with Gasteiger partial charge in [-0.1, -0.05) is 20.8 Å². The molecule has 0 fully saturated rings. The largest absolute Gasteiger partial charge is 0.327 e. The van der Waals surface area contributed by atoms with E-state index in [4.69, 9.17) is 5.73 Å². The number of nitrogens with one attached hydrogen (secondary N) is 2. The maximum Gasteiger partial charge on any atom is 0.225 e. The van der Waals surface area contributed by atoms with Gasteiger partial charge < -0.3 is 16.4 Å². The van der Waals surface area contributed by atoms with E-state index < -0.39 is 0 Å². The molecule has 1 atom stereocenters. The Kier molecular flexibility index (Phi) is 6.88. The summed E-state index contributed by atoms with van der Waals surface area (Å²) in [6, 6.07) is 6.96. The second kappa shape index (κ2) is 8.42. The molecule has 1 unspecified atom stereocenters. The van der Waals surface area contributed by atoms with Gasteiger partial charge in [0.25, 0.3) is 0 Å². The maximum absolute atomic E-state index is 11.7. The Morgan fingerprint density at radius 3 is 1.81 bits per heavy atom. The summed E-state index contributed by atoms with van der Waals surface area (Å²) in [5.41, 5.74) is 7.16. The van der Waals surface area contributed by atoms with E-state index in [0.717, 1.165) is 12.1 Å². The molecular formula is C16H25N3O2. The standard InChI is InChI=1S/C16H25N3O2/c1-4-12(17)10-16(21)19-14-7-5-13(6-8-14)18-15(20)9-11(2)3/h5-8,11-12H,4,9-10,17H2,1-3H3,(H,18,20)(H,19,21). The minimum Gasteiger partial charge on any atom is -0.327 e. The number of carbonyl (C=O) groups is 2. The SMILES string of the molecule is CCC(N)CC(=O)Nc1ccc(NC(=O)CC(C)C)cc1. The van der Waals surface area contributed by atoms with E-state index >= 15 is 0 Å². The maximum atomic E-state index is 11.7. The summed E-state index contributed by atoms with van der Waals surface area (Å²) in [6.07, 6.45) is 1.57. The van der Waals surface area contributed by atoms with Crippen molar-refractivity contribution in [2.45, 2.75) is 46.1 Å². The first-order valence-corrected chi connectivity index (χ1v) is 7.36. The lowest BCUT2D eigenvalue weighted by Crippen LogP contribution is -2.26. The van der Waals surface area contributed by atoms with E-state index in [1.165, 1.54) is 0 Å². The summed E-state index contributed by atoms with van der Waals surface area (Å²) in [5, 5.41) is 5.61. The van der Waals surface area contributed by atoms with Crippen molar-refractivity contribution in [1.82, 2.24) is 0 Å². The highest BCUT2D eigenvalue weighted by Crippen LogP contribution is 2.15. The van der Waals surface area contributed by atoms with Crippen LogP contribution in [-0.2, 0) is 9.59 Å². The van der Waals surface area contributed by atoms with Crippen LogP contribution in [0.3, 0.4) is 0 Å². The van der Waals surface area contributed by atoms with Crippen LogP contribution in [0.2, 0.25) is 0 Å². The first kappa shape index (κ1) is 17.2. The van der Waals surface area contributed by atoms with Crippen LogP contribution in [0.15, 0.2) is 24.3 Å². The summed E-state index contributed by atoms with van der Waals surface area (Å²) < 4.78 is 0. The van der Waals surface area contributed by atoms with Crippen LogP contribution < -0.4 is 16.4 Å². The number of nitrogens with two attached hydrogens (primary N) is 1. The van der Waals surface area contributed by atoms with Gasteiger partial charge in [-0.05, 0) is 36.6 Å². The minimum absolute atomic E-state index is 0.00398. The number of hydrogen-bond donors (Lipinski definition) is 3. The van der Waals surface area contributed by atoms with Crippen molar-refractivity contribution in [3.05, 3.63) is 24.3 Å². The molecule has 0 saturated carbocycles. The van der Waals surface area contributed by atoms with Gasteiger partial charge in [0, 0.05) is 30.3 Å². The van der Waals surface area contributed by atoms with E-state index in [2.05, 4.69) is 10.6 Å². The molecule has 0 aliphatic rings. The molecule has 0 bridgehead atoms. The third-order valence-electron chi connectivity index (χ3n) is 3.02. The van der Waals surface area contributed by atoms with Crippen molar-refractivity contribution in [1.29, 1.82) is 0 Å². The van der Waals surface area contributed by atoms with Crippen molar-refractivity contribution in [3.8, 4) is 0 Å². The highest BCUT2D eigenvalue weighted by molar-refractivity contribution is 5.93. The number of hydrogen-bond acceptors (Lipinski definition) is 3. The van der Waals surface area contributed by atoms with Gasteiger partial charge >= 0.3 is 0 Å². The quantitative estimate of drug-likeness (QED) is 0.722. The Hall–Kier alpha value is -1.88. The van der Waals surface area contributed by atoms with E-state index in [1.54, 1.807) is 24.3 Å². The second-order valence-electron chi connectivity index (χ2n) is 5.64. The molecule has 2 amide bonds. The summed E-state index contributed by atoms with van der Waals surface area (Å²) in [4.78, 5) is 23.4. The van der Waals surface area contributed by atoms with E-state index in [9.17, 15) is 9.59 Å². The van der Waals surface area contributed by atoms with Crippen LogP contribution >= 0.6 is 0 Å². The van der Waals surface area contributed by atoms with Crippen LogP contribution in [0, 0.1) is 5.92 Å². The lowest BCUT2D eigenvalue weighted by atomic mass is 10.1. The molecule has 1 rings (SSSR count). The van der Waals surface area contributed by atoms with Gasteiger partial charge in [-0.15, -0.1) is 0 Å². The van der Waals surface area contributed by atoms with Gasteiger partial charge in [0.1, 0.15) is 0 Å². The molecule has 21 heavy (non-hydrogen) atoms. The molecular weight excluding hydrogens is 266 g/mol. The van der Waals surface area contributed by atoms with Gasteiger partial charge in [0.05, 0.1) is 0 Å². The molecule has 116 valence electrons. The lowest BCUT2D eigenvalue weighted by Gasteiger charge is -2.11. The number of carbonyl (C=O) groups excluding carboxylic acids is 2. The van der Waals surface area contributed by atoms with Crippen LogP contribution in [-0.4, -0.2) is 17.9 Å². The van der Waals surface area contributed by atoms with Crippen molar-refractivity contribution in [2.24, 2.45) is 11.7 Å². The second-order valence-corrected chi connectivity index (χ2v) is 5.64. The van der Waals surface area contributed by atoms with Crippen molar-refractivity contribution < 1.29 is 9.59 Å². The molecule has 0 radical (unpaired) electrons. The third kappa shape index (κ3) is 6.90. The predicted molar refractivity (Wildman–Crippen MR) is 86.0 cm³/mol. The van der Waals surface area contributed by atoms with Crippen LogP contribution in [0.25, 0.3) is 0 Å². The molecule has 1 aromatic rings. The van der Waals surface area contributed by atoms with Gasteiger partial charge in [0.15, 0.2) is 0 Å². The van der Waals surface area contributed by atoms with E-state index in [0.29, 0.717) is 24.4 Å². The predicted octanol–water partition coefficient (Wildman–Crippen LogP) is 2.74. The zero-order valence-electron chi connectivity index (χ0n) is 13.0. The van der Waals surface area contributed by atoms with Gasteiger partial charge in [-0.25, -0.2) is 0 Å². The van der Waals surface area contributed by atoms with E-state index in [1.807, 2.05) is 20.8 Å². The fourth-order valence-corrected chi connectivity index (χ4v) is 1.81. The molecule has 0 heterocycles. The normalized spacial score (nSPS) is 12.0. The first-order chi connectivity index (χ1) is 9.90. The molecule has 0 aromatic heterocycles. The number of benzene rings is 1. The monoisotopic (exact) mass is 291 g/mol. The van der Waals surface area contributed by atoms with Crippen LogP contribution in [0.4, 0.5) is 11.4 Å². The summed E-state index contributed by atoms with van der Waals surface area (Å²) in [5.74, 6) is 0.225. The zero-order valence-corrected chi connectivity index (χ0v) is 13.0. The zero-order chi connectivity index (χ0) is 15.8. The topological polar surface area (TPSA) is 84.2 Å². The van der Waals surface area contributed by atoms with Crippen LogP contribution in [0.5, 0.6) is 0 Å². The Morgan fingerprint density at radius 1 is 1.00 bits per heavy atom. The molecule has 4 N–H and O–H groups in total. The van der Waals surface area contributed by atoms with Gasteiger partial charge in [0.2, 0.25) is 11.8 Å². The average Bonchev–Trinajstić information content (AvgIpc) is 2.39. The van der Waals surface area contributed by atoms with Gasteiger partial charge in [-0.2, -0.15) is 0 Å². The molecule has 0 spiro atoms. The fourth-order valence-electron chi connectivity index (χ4n) is 1.81. The molecule has 5 heteroatoms. The summed E-state index contributed by atoms with van der Waals surface area (Å²) in [7, 11) is 0. The molecule has 0 saturated heterocycles. The lowest BCUT2D eigenvalue weighted by molar-refractivity contribution is -0.117. The smallest absolute Gasteiger partial charge is 0.225 e. The van der Waals surface area contributed by atoms with Crippen molar-refractivity contribution >= 4 is 23.2 Å². The third-order valence-corrected chi connectivity index (χ3v) is 3.02. The highest BCUT2D eigenvalue weighted by Gasteiger charge is 2.08. The highest BCUT2D eigenvalue weighted by atomic mass is 16.2. The Morgan fingerprint density at radius 2 is 1.43 bits per heavy atom. The van der Waals surface area contributed by atoms with Crippen molar-refractivity contribution in [2.75, 3.05) is 10.6 Å². The average molecular weight is 291 g/mol. The molecule has 0 aliphatic heterocycles. The summed E-state index contributed by atoms with van der Waals surface area (Å²) in [6.45, 7) is 5.95. The number of rotatable bonds is 7. The minimum atomic E-state index is -0.111. The number of anilines is 2. The van der Waals surface area contributed by atoms with Gasteiger partial charge in [-0.3, -0.25) is 9.59 Å². The molecule has 5 nitrogen and oxygen atoms in total. The summed E-state index contributed by atoms with van der Waals surface area (Å²) >= 11 is 0. The fraction of sp³-hybridized carbons (Fsp3) is 0.500. The first-order valence-electron chi connectivity index (χ1n) is 7.36. The Balaban J connectivity index is 2.50.